The summed E-state index contributed by atoms with van der Waals surface area (Å²) in [7, 11) is 1.51. The molecule has 0 saturated carbocycles. The lowest BCUT2D eigenvalue weighted by Gasteiger charge is -2.26. The number of urea groups is 1. The Labute approximate surface area is 213 Å². The van der Waals surface area contributed by atoms with Gasteiger partial charge in [-0.25, -0.2) is 9.69 Å². The number of nitrogens with zero attached hydrogens (tertiary/aromatic N) is 1. The maximum Gasteiger partial charge on any atom is 0.335 e. The Hall–Kier alpha value is -4.92. The van der Waals surface area contributed by atoms with Crippen LogP contribution in [0.2, 0.25) is 0 Å². The zero-order valence-electron chi connectivity index (χ0n) is 20.5. The number of methoxy groups -OCH3 is 1. The van der Waals surface area contributed by atoms with Gasteiger partial charge in [0, 0.05) is 0 Å². The van der Waals surface area contributed by atoms with Crippen LogP contribution in [0.1, 0.15) is 16.7 Å². The summed E-state index contributed by atoms with van der Waals surface area (Å²) >= 11 is 0. The van der Waals surface area contributed by atoms with E-state index >= 15 is 0 Å². The van der Waals surface area contributed by atoms with E-state index in [1.54, 1.807) is 66.7 Å². The zero-order chi connectivity index (χ0) is 26.5. The minimum absolute atomic E-state index is 0.205. The van der Waals surface area contributed by atoms with Gasteiger partial charge in [0.15, 0.2) is 6.61 Å². The second kappa shape index (κ2) is 10.8. The molecule has 0 bridgehead atoms. The summed E-state index contributed by atoms with van der Waals surface area (Å²) in [6.07, 6.45) is 1.37. The normalized spacial score (nSPS) is 14.4. The van der Waals surface area contributed by atoms with E-state index < -0.39 is 23.8 Å². The van der Waals surface area contributed by atoms with Crippen LogP contribution in [0, 0.1) is 13.8 Å². The van der Waals surface area contributed by atoms with Crippen molar-refractivity contribution in [2.24, 2.45) is 0 Å². The molecule has 9 heteroatoms. The SMILES string of the molecule is COc1ccccc1NC(=O)COc1cccc(C=C2C(=O)NC(=O)N(c3ccc(C)c(C)c3)C2=O)c1. The predicted octanol–water partition coefficient (Wildman–Crippen LogP) is 4.00. The first kappa shape index (κ1) is 25.2. The number of ether oxygens (including phenoxy) is 2. The van der Waals surface area contributed by atoms with Gasteiger partial charge >= 0.3 is 6.03 Å². The van der Waals surface area contributed by atoms with Crippen LogP contribution in [-0.2, 0) is 14.4 Å². The molecule has 1 heterocycles. The standard InChI is InChI=1S/C28H25N3O6/c1-17-11-12-20(13-18(17)2)31-27(34)22(26(33)30-28(31)35)15-19-7-6-8-21(14-19)37-16-25(32)29-23-9-4-5-10-24(23)36-3/h4-15H,16H2,1-3H3,(H,29,32)(H,30,33,35). The number of para-hydroxylation sites is 2. The van der Waals surface area contributed by atoms with Crippen LogP contribution in [-0.4, -0.2) is 37.5 Å². The molecule has 4 rings (SSSR count). The Morgan fingerprint density at radius 1 is 0.973 bits per heavy atom. The first-order valence-electron chi connectivity index (χ1n) is 11.4. The van der Waals surface area contributed by atoms with Gasteiger partial charge in [-0.1, -0.05) is 30.3 Å². The molecule has 1 saturated heterocycles. The van der Waals surface area contributed by atoms with Crippen LogP contribution in [0.25, 0.3) is 6.08 Å². The quantitative estimate of drug-likeness (QED) is 0.375. The minimum Gasteiger partial charge on any atom is -0.495 e. The molecule has 3 aromatic carbocycles. The van der Waals surface area contributed by atoms with Crippen LogP contribution in [0.4, 0.5) is 16.2 Å². The molecule has 0 radical (unpaired) electrons. The highest BCUT2D eigenvalue weighted by atomic mass is 16.5. The highest BCUT2D eigenvalue weighted by molar-refractivity contribution is 6.39. The number of carbonyl (C=O) groups excluding carboxylic acids is 4. The number of aryl methyl sites for hydroxylation is 2. The fourth-order valence-corrected chi connectivity index (χ4v) is 3.70. The molecule has 0 spiro atoms. The van der Waals surface area contributed by atoms with Crippen molar-refractivity contribution in [3.05, 3.63) is 89.0 Å². The lowest BCUT2D eigenvalue weighted by molar-refractivity contribution is -0.122. The van der Waals surface area contributed by atoms with Crippen molar-refractivity contribution in [2.45, 2.75) is 13.8 Å². The number of barbiturate groups is 1. The zero-order valence-corrected chi connectivity index (χ0v) is 20.5. The van der Waals surface area contributed by atoms with E-state index in [1.165, 1.54) is 13.2 Å². The third-order valence-corrected chi connectivity index (χ3v) is 5.77. The van der Waals surface area contributed by atoms with Crippen LogP contribution in [0.3, 0.4) is 0 Å². The summed E-state index contributed by atoms with van der Waals surface area (Å²) in [5.41, 5.74) is 3.07. The molecule has 3 aromatic rings. The van der Waals surface area contributed by atoms with Crippen molar-refractivity contribution in [2.75, 3.05) is 23.9 Å². The summed E-state index contributed by atoms with van der Waals surface area (Å²) in [6.45, 7) is 3.52. The Morgan fingerprint density at radius 2 is 1.76 bits per heavy atom. The average Bonchev–Trinajstić information content (AvgIpc) is 2.88. The summed E-state index contributed by atoms with van der Waals surface area (Å²) in [5, 5.41) is 4.93. The number of imide groups is 2. The van der Waals surface area contributed by atoms with Crippen molar-refractivity contribution in [3.63, 3.8) is 0 Å². The van der Waals surface area contributed by atoms with E-state index in [0.29, 0.717) is 28.4 Å². The minimum atomic E-state index is -0.812. The van der Waals surface area contributed by atoms with Gasteiger partial charge in [0.2, 0.25) is 0 Å². The number of anilines is 2. The molecule has 5 amide bonds. The third kappa shape index (κ3) is 5.67. The molecule has 37 heavy (non-hydrogen) atoms. The summed E-state index contributed by atoms with van der Waals surface area (Å²) < 4.78 is 10.8. The van der Waals surface area contributed by atoms with Crippen LogP contribution in [0.5, 0.6) is 11.5 Å². The first-order valence-corrected chi connectivity index (χ1v) is 11.4. The molecule has 1 fully saturated rings. The van der Waals surface area contributed by atoms with Crippen LogP contribution < -0.4 is 25.0 Å². The fourth-order valence-electron chi connectivity index (χ4n) is 3.70. The maximum absolute atomic E-state index is 13.2. The number of carbonyl (C=O) groups is 4. The lowest BCUT2D eigenvalue weighted by atomic mass is 10.0. The molecule has 0 unspecified atom stereocenters. The summed E-state index contributed by atoms with van der Waals surface area (Å²) in [4.78, 5) is 51.4. The molecule has 2 N–H and O–H groups in total. The summed E-state index contributed by atoms with van der Waals surface area (Å²) in [5.74, 6) is -1.04. The molecular weight excluding hydrogens is 474 g/mol. The van der Waals surface area contributed by atoms with Gasteiger partial charge in [-0.2, -0.15) is 0 Å². The Morgan fingerprint density at radius 3 is 2.51 bits per heavy atom. The molecule has 0 aromatic heterocycles. The van der Waals surface area contributed by atoms with Gasteiger partial charge in [0.25, 0.3) is 17.7 Å². The first-order chi connectivity index (χ1) is 17.8. The van der Waals surface area contributed by atoms with Gasteiger partial charge in [-0.05, 0) is 73.0 Å². The summed E-state index contributed by atoms with van der Waals surface area (Å²) in [6, 6.07) is 17.9. The Balaban J connectivity index is 1.49. The predicted molar refractivity (Wildman–Crippen MR) is 138 cm³/mol. The molecular formula is C28H25N3O6. The molecule has 188 valence electrons. The van der Waals surface area contributed by atoms with E-state index in [0.717, 1.165) is 16.0 Å². The molecule has 1 aliphatic heterocycles. The monoisotopic (exact) mass is 499 g/mol. The largest absolute Gasteiger partial charge is 0.495 e. The number of amides is 5. The van der Waals surface area contributed by atoms with Gasteiger partial charge in [-0.3, -0.25) is 19.7 Å². The van der Waals surface area contributed by atoms with Crippen LogP contribution in [0.15, 0.2) is 72.3 Å². The number of nitrogens with one attached hydrogen (secondary N) is 2. The second-order valence-corrected chi connectivity index (χ2v) is 8.34. The van der Waals surface area contributed by atoms with Gasteiger partial charge < -0.3 is 14.8 Å². The molecule has 1 aliphatic rings. The van der Waals surface area contributed by atoms with Crippen molar-refractivity contribution in [1.29, 1.82) is 0 Å². The van der Waals surface area contributed by atoms with Crippen LogP contribution >= 0.6 is 0 Å². The van der Waals surface area contributed by atoms with E-state index in [9.17, 15) is 19.2 Å². The van der Waals surface area contributed by atoms with E-state index in [4.69, 9.17) is 9.47 Å². The highest BCUT2D eigenvalue weighted by Crippen LogP contribution is 2.25. The Kier molecular flexibility index (Phi) is 7.34. The van der Waals surface area contributed by atoms with Crippen molar-refractivity contribution in [1.82, 2.24) is 5.32 Å². The topological polar surface area (TPSA) is 114 Å². The van der Waals surface area contributed by atoms with Gasteiger partial charge in [0.05, 0.1) is 18.5 Å². The molecule has 0 atom stereocenters. The Bertz CT molecular complexity index is 1430. The van der Waals surface area contributed by atoms with Gasteiger partial charge in [0.1, 0.15) is 17.1 Å². The second-order valence-electron chi connectivity index (χ2n) is 8.34. The molecule has 0 aliphatic carbocycles. The smallest absolute Gasteiger partial charge is 0.335 e. The van der Waals surface area contributed by atoms with Crippen molar-refractivity contribution in [3.8, 4) is 11.5 Å². The number of rotatable bonds is 7. The van der Waals surface area contributed by atoms with Crippen molar-refractivity contribution >= 4 is 41.2 Å². The number of benzene rings is 3. The average molecular weight is 500 g/mol. The molecule has 9 nitrogen and oxygen atoms in total. The maximum atomic E-state index is 13.2. The van der Waals surface area contributed by atoms with Gasteiger partial charge in [-0.15, -0.1) is 0 Å². The third-order valence-electron chi connectivity index (χ3n) is 5.77. The fraction of sp³-hybridized carbons (Fsp3) is 0.143. The van der Waals surface area contributed by atoms with E-state index in [1.807, 2.05) is 13.8 Å². The number of hydrogen-bond donors (Lipinski definition) is 2. The van der Waals surface area contributed by atoms with E-state index in [-0.39, 0.29) is 12.2 Å². The number of hydrogen-bond acceptors (Lipinski definition) is 6. The van der Waals surface area contributed by atoms with E-state index in [2.05, 4.69) is 10.6 Å². The highest BCUT2D eigenvalue weighted by Gasteiger charge is 2.36. The lowest BCUT2D eigenvalue weighted by Crippen LogP contribution is -2.54. The van der Waals surface area contributed by atoms with Crippen molar-refractivity contribution < 1.29 is 28.7 Å².